The SMILES string of the molecule is CN(C)CCCNC(=O)c1cccc2nc(-c3cc4ccccc4o3)nc(NCCCN(C)C)c12. The molecule has 8 nitrogen and oxygen atoms in total. The van der Waals surface area contributed by atoms with Gasteiger partial charge in [-0.15, -0.1) is 0 Å². The van der Waals surface area contributed by atoms with Crippen LogP contribution in [0.4, 0.5) is 5.82 Å². The lowest BCUT2D eigenvalue weighted by Crippen LogP contribution is -2.27. The van der Waals surface area contributed by atoms with E-state index in [0.717, 1.165) is 48.8 Å². The molecule has 0 aliphatic heterocycles. The molecule has 0 fully saturated rings. The Labute approximate surface area is 206 Å². The smallest absolute Gasteiger partial charge is 0.252 e. The van der Waals surface area contributed by atoms with Gasteiger partial charge in [0.1, 0.15) is 11.4 Å². The predicted molar refractivity (Wildman–Crippen MR) is 142 cm³/mol. The highest BCUT2D eigenvalue weighted by Gasteiger charge is 2.18. The van der Waals surface area contributed by atoms with Crippen molar-refractivity contribution in [3.05, 3.63) is 54.1 Å². The third kappa shape index (κ3) is 6.15. The van der Waals surface area contributed by atoms with Crippen molar-refractivity contribution in [3.8, 4) is 11.6 Å². The number of hydrogen-bond donors (Lipinski definition) is 2. The largest absolute Gasteiger partial charge is 0.453 e. The first-order valence-corrected chi connectivity index (χ1v) is 12.0. The molecule has 184 valence electrons. The third-order valence-electron chi connectivity index (χ3n) is 5.76. The summed E-state index contributed by atoms with van der Waals surface area (Å²) in [6.45, 7) is 3.20. The van der Waals surface area contributed by atoms with Crippen molar-refractivity contribution in [2.45, 2.75) is 12.8 Å². The molecular formula is C27H34N6O2. The summed E-state index contributed by atoms with van der Waals surface area (Å²) in [5.74, 6) is 1.62. The van der Waals surface area contributed by atoms with E-state index in [1.54, 1.807) is 0 Å². The summed E-state index contributed by atoms with van der Waals surface area (Å²) in [5.41, 5.74) is 2.06. The highest BCUT2D eigenvalue weighted by Crippen LogP contribution is 2.31. The van der Waals surface area contributed by atoms with E-state index in [-0.39, 0.29) is 5.91 Å². The zero-order chi connectivity index (χ0) is 24.8. The topological polar surface area (TPSA) is 86.5 Å². The van der Waals surface area contributed by atoms with E-state index in [9.17, 15) is 4.79 Å². The van der Waals surface area contributed by atoms with Gasteiger partial charge < -0.3 is 24.9 Å². The van der Waals surface area contributed by atoms with Crippen molar-refractivity contribution >= 4 is 33.6 Å². The van der Waals surface area contributed by atoms with Crippen LogP contribution in [0.5, 0.6) is 0 Å². The maximum Gasteiger partial charge on any atom is 0.252 e. The molecule has 2 heterocycles. The Hall–Kier alpha value is -3.49. The number of nitrogens with zero attached hydrogens (tertiary/aromatic N) is 4. The second-order valence-electron chi connectivity index (χ2n) is 9.24. The molecule has 0 aliphatic carbocycles. The summed E-state index contributed by atoms with van der Waals surface area (Å²) in [7, 11) is 8.16. The molecule has 0 saturated carbocycles. The van der Waals surface area contributed by atoms with Gasteiger partial charge in [-0.3, -0.25) is 4.79 Å². The molecule has 0 saturated heterocycles. The van der Waals surface area contributed by atoms with E-state index in [1.807, 2.05) is 62.6 Å². The lowest BCUT2D eigenvalue weighted by atomic mass is 10.1. The van der Waals surface area contributed by atoms with Crippen molar-refractivity contribution in [2.24, 2.45) is 0 Å². The fraction of sp³-hybridized carbons (Fsp3) is 0.370. The lowest BCUT2D eigenvalue weighted by molar-refractivity contribution is 0.0954. The van der Waals surface area contributed by atoms with Crippen LogP contribution in [0.15, 0.2) is 52.9 Å². The number of benzene rings is 2. The summed E-state index contributed by atoms with van der Waals surface area (Å²) >= 11 is 0. The van der Waals surface area contributed by atoms with Crippen LogP contribution in [0.2, 0.25) is 0 Å². The number of aromatic nitrogens is 2. The minimum Gasteiger partial charge on any atom is -0.453 e. The normalized spacial score (nSPS) is 11.6. The molecular weight excluding hydrogens is 440 g/mol. The second kappa shape index (κ2) is 11.3. The van der Waals surface area contributed by atoms with E-state index < -0.39 is 0 Å². The molecule has 4 aromatic rings. The molecule has 8 heteroatoms. The number of nitrogens with one attached hydrogen (secondary N) is 2. The monoisotopic (exact) mass is 474 g/mol. The van der Waals surface area contributed by atoms with Crippen LogP contribution in [0.3, 0.4) is 0 Å². The number of furan rings is 1. The van der Waals surface area contributed by atoms with Gasteiger partial charge in [0.2, 0.25) is 0 Å². The Morgan fingerprint density at radius 3 is 2.40 bits per heavy atom. The quantitative estimate of drug-likeness (QED) is 0.317. The Kier molecular flexibility index (Phi) is 7.94. The highest BCUT2D eigenvalue weighted by atomic mass is 16.3. The molecule has 2 aromatic carbocycles. The van der Waals surface area contributed by atoms with E-state index in [1.165, 1.54) is 0 Å². The van der Waals surface area contributed by atoms with Gasteiger partial charge in [-0.05, 0) is 78.4 Å². The molecule has 0 unspecified atom stereocenters. The van der Waals surface area contributed by atoms with Gasteiger partial charge >= 0.3 is 0 Å². The van der Waals surface area contributed by atoms with Crippen molar-refractivity contribution in [1.29, 1.82) is 0 Å². The first kappa shape index (κ1) is 24.6. The zero-order valence-electron chi connectivity index (χ0n) is 21.0. The minimum absolute atomic E-state index is 0.120. The van der Waals surface area contributed by atoms with Crippen LogP contribution in [0, 0.1) is 0 Å². The van der Waals surface area contributed by atoms with Gasteiger partial charge in [-0.2, -0.15) is 0 Å². The maximum absolute atomic E-state index is 13.1. The highest BCUT2D eigenvalue weighted by molar-refractivity contribution is 6.10. The predicted octanol–water partition coefficient (Wildman–Crippen LogP) is 4.09. The second-order valence-corrected chi connectivity index (χ2v) is 9.24. The standard InChI is InChI=1S/C27H34N6O2/c1-32(2)16-8-14-28-26-24-20(27(34)29-15-9-17-33(3)4)11-7-12-21(24)30-25(31-26)23-18-19-10-5-6-13-22(19)35-23/h5-7,10-13,18H,8-9,14-17H2,1-4H3,(H,29,34)(H,28,30,31). The van der Waals surface area contributed by atoms with Crippen LogP contribution in [0.25, 0.3) is 33.5 Å². The average molecular weight is 475 g/mol. The zero-order valence-corrected chi connectivity index (χ0v) is 21.0. The number of carbonyl (C=O) groups is 1. The van der Waals surface area contributed by atoms with Crippen molar-refractivity contribution in [3.63, 3.8) is 0 Å². The summed E-state index contributed by atoms with van der Waals surface area (Å²) < 4.78 is 6.03. The number of hydrogen-bond acceptors (Lipinski definition) is 7. The van der Waals surface area contributed by atoms with Crippen LogP contribution in [-0.4, -0.2) is 80.0 Å². The van der Waals surface area contributed by atoms with Gasteiger partial charge in [0.05, 0.1) is 16.5 Å². The fourth-order valence-electron chi connectivity index (χ4n) is 4.00. The number of carbonyl (C=O) groups excluding carboxylic acids is 1. The Morgan fingerprint density at radius 2 is 1.66 bits per heavy atom. The fourth-order valence-corrected chi connectivity index (χ4v) is 4.00. The summed E-state index contributed by atoms with van der Waals surface area (Å²) in [5, 5.41) is 8.23. The van der Waals surface area contributed by atoms with Gasteiger partial charge in [0.15, 0.2) is 11.6 Å². The molecule has 35 heavy (non-hydrogen) atoms. The Balaban J connectivity index is 1.69. The number of amides is 1. The van der Waals surface area contributed by atoms with E-state index >= 15 is 0 Å². The molecule has 0 radical (unpaired) electrons. The van der Waals surface area contributed by atoms with Crippen LogP contribution in [0.1, 0.15) is 23.2 Å². The summed E-state index contributed by atoms with van der Waals surface area (Å²) in [6, 6.07) is 15.4. The van der Waals surface area contributed by atoms with Crippen LogP contribution in [-0.2, 0) is 0 Å². The molecule has 2 N–H and O–H groups in total. The number of fused-ring (bicyclic) bond motifs is 2. The number of rotatable bonds is 11. The first-order chi connectivity index (χ1) is 16.9. The van der Waals surface area contributed by atoms with E-state index in [4.69, 9.17) is 14.4 Å². The van der Waals surface area contributed by atoms with Gasteiger partial charge in [0, 0.05) is 18.5 Å². The molecule has 2 aromatic heterocycles. The molecule has 0 atom stereocenters. The number of anilines is 1. The summed E-state index contributed by atoms with van der Waals surface area (Å²) in [6.07, 6.45) is 1.82. The van der Waals surface area contributed by atoms with Gasteiger partial charge in [0.25, 0.3) is 5.91 Å². The summed E-state index contributed by atoms with van der Waals surface area (Å²) in [4.78, 5) is 27.0. The van der Waals surface area contributed by atoms with Crippen LogP contribution < -0.4 is 10.6 Å². The molecule has 0 aliphatic rings. The number of para-hydroxylation sites is 1. The average Bonchev–Trinajstić information content (AvgIpc) is 3.28. The van der Waals surface area contributed by atoms with E-state index in [2.05, 4.69) is 34.5 Å². The Morgan fingerprint density at radius 1 is 0.914 bits per heavy atom. The van der Waals surface area contributed by atoms with Crippen molar-refractivity contribution in [1.82, 2.24) is 25.1 Å². The molecule has 0 bridgehead atoms. The van der Waals surface area contributed by atoms with E-state index in [0.29, 0.717) is 35.0 Å². The maximum atomic E-state index is 13.1. The third-order valence-corrected chi connectivity index (χ3v) is 5.76. The van der Waals surface area contributed by atoms with Crippen molar-refractivity contribution in [2.75, 3.05) is 59.7 Å². The molecule has 1 amide bonds. The van der Waals surface area contributed by atoms with Gasteiger partial charge in [-0.25, -0.2) is 9.97 Å². The van der Waals surface area contributed by atoms with Crippen molar-refractivity contribution < 1.29 is 9.21 Å². The Bertz CT molecular complexity index is 1260. The molecule has 0 spiro atoms. The first-order valence-electron chi connectivity index (χ1n) is 12.0. The lowest BCUT2D eigenvalue weighted by Gasteiger charge is -2.15. The van der Waals surface area contributed by atoms with Crippen LogP contribution >= 0.6 is 0 Å². The van der Waals surface area contributed by atoms with Gasteiger partial charge in [-0.1, -0.05) is 24.3 Å². The minimum atomic E-state index is -0.120. The molecule has 4 rings (SSSR count).